The summed E-state index contributed by atoms with van der Waals surface area (Å²) in [6.45, 7) is -0.376. The highest BCUT2D eigenvalue weighted by Gasteiger charge is 2.14. The molecule has 0 unspecified atom stereocenters. The third-order valence-corrected chi connectivity index (χ3v) is 5.20. The van der Waals surface area contributed by atoms with Crippen LogP contribution in [0.2, 0.25) is 0 Å². The van der Waals surface area contributed by atoms with Crippen molar-refractivity contribution in [2.24, 2.45) is 0 Å². The van der Waals surface area contributed by atoms with Gasteiger partial charge in [-0.3, -0.25) is 19.7 Å². The van der Waals surface area contributed by atoms with Crippen LogP contribution in [0.15, 0.2) is 47.2 Å². The second kappa shape index (κ2) is 9.89. The zero-order chi connectivity index (χ0) is 20.6. The van der Waals surface area contributed by atoms with Crippen LogP contribution in [-0.2, 0) is 27.4 Å². The maximum absolute atomic E-state index is 12.9. The molecule has 0 aliphatic heterocycles. The highest BCUT2D eigenvalue weighted by Crippen LogP contribution is 2.16. The zero-order valence-electron chi connectivity index (χ0n) is 14.9. The van der Waals surface area contributed by atoms with E-state index in [1.165, 1.54) is 46.9 Å². The molecule has 29 heavy (non-hydrogen) atoms. The van der Waals surface area contributed by atoms with E-state index in [4.69, 9.17) is 9.47 Å². The van der Waals surface area contributed by atoms with Crippen molar-refractivity contribution < 1.29 is 28.2 Å². The number of benzene rings is 1. The number of esters is 1. The summed E-state index contributed by atoms with van der Waals surface area (Å²) in [5, 5.41) is 6.18. The molecular formula is C19H15FN2O5S2. The summed E-state index contributed by atoms with van der Waals surface area (Å²) < 4.78 is 23.2. The molecule has 3 aromatic rings. The molecule has 10 heteroatoms. The highest BCUT2D eigenvalue weighted by atomic mass is 32.1. The molecule has 1 aromatic carbocycles. The van der Waals surface area contributed by atoms with Crippen LogP contribution < -0.4 is 10.1 Å². The smallest absolute Gasteiger partial charge is 0.312 e. The van der Waals surface area contributed by atoms with Crippen molar-refractivity contribution in [1.82, 2.24) is 10.3 Å². The van der Waals surface area contributed by atoms with Gasteiger partial charge in [0, 0.05) is 5.38 Å². The van der Waals surface area contributed by atoms with Gasteiger partial charge in [-0.05, 0) is 35.7 Å². The van der Waals surface area contributed by atoms with E-state index in [2.05, 4.69) is 10.3 Å². The Morgan fingerprint density at radius 3 is 2.62 bits per heavy atom. The number of hydrogen-bond acceptors (Lipinski definition) is 8. The fourth-order valence-corrected chi connectivity index (χ4v) is 3.47. The van der Waals surface area contributed by atoms with Gasteiger partial charge in [-0.1, -0.05) is 6.07 Å². The number of thiophene rings is 1. The Bertz CT molecular complexity index is 986. The second-order valence-corrected chi connectivity index (χ2v) is 7.56. The quantitative estimate of drug-likeness (QED) is 0.548. The number of hydrogen-bond donors (Lipinski definition) is 1. The van der Waals surface area contributed by atoms with E-state index >= 15 is 0 Å². The number of thiazole rings is 1. The van der Waals surface area contributed by atoms with Gasteiger partial charge in [-0.15, -0.1) is 22.7 Å². The van der Waals surface area contributed by atoms with Crippen LogP contribution in [0.4, 0.5) is 4.39 Å². The second-order valence-electron chi connectivity index (χ2n) is 5.67. The van der Waals surface area contributed by atoms with Gasteiger partial charge in [0.25, 0.3) is 11.8 Å². The molecule has 0 spiro atoms. The third-order valence-electron chi connectivity index (χ3n) is 3.46. The number of amides is 2. The topological polar surface area (TPSA) is 94.6 Å². The lowest BCUT2D eigenvalue weighted by molar-refractivity contribution is -0.147. The average molecular weight is 434 g/mol. The summed E-state index contributed by atoms with van der Waals surface area (Å²) in [5.74, 6) is -1.72. The minimum absolute atomic E-state index is 0.112. The van der Waals surface area contributed by atoms with Crippen LogP contribution in [0, 0.1) is 5.82 Å². The SMILES string of the molecule is O=C(COC(=O)Cc1csc(COc2ccc(F)cc2)n1)NC(=O)c1cccs1. The van der Waals surface area contributed by atoms with Crippen LogP contribution in [0.25, 0.3) is 0 Å². The van der Waals surface area contributed by atoms with E-state index in [9.17, 15) is 18.8 Å². The number of nitrogens with one attached hydrogen (secondary N) is 1. The van der Waals surface area contributed by atoms with E-state index in [1.54, 1.807) is 22.9 Å². The Balaban J connectivity index is 1.39. The van der Waals surface area contributed by atoms with Gasteiger partial charge in [0.15, 0.2) is 6.61 Å². The predicted octanol–water partition coefficient (Wildman–Crippen LogP) is 2.97. The molecule has 7 nitrogen and oxygen atoms in total. The van der Waals surface area contributed by atoms with E-state index < -0.39 is 24.4 Å². The van der Waals surface area contributed by atoms with Gasteiger partial charge in [0.05, 0.1) is 17.0 Å². The first-order chi connectivity index (χ1) is 14.0. The number of halogens is 1. The first kappa shape index (κ1) is 20.6. The van der Waals surface area contributed by atoms with Gasteiger partial charge in [0.1, 0.15) is 23.2 Å². The first-order valence-corrected chi connectivity index (χ1v) is 10.1. The molecule has 0 aliphatic carbocycles. The summed E-state index contributed by atoms with van der Waals surface area (Å²) >= 11 is 2.50. The van der Waals surface area contributed by atoms with Crippen molar-refractivity contribution in [2.75, 3.05) is 6.61 Å². The minimum Gasteiger partial charge on any atom is -0.486 e. The van der Waals surface area contributed by atoms with E-state index in [-0.39, 0.29) is 18.8 Å². The summed E-state index contributed by atoms with van der Waals surface area (Å²) in [5.41, 5.74) is 0.479. The van der Waals surface area contributed by atoms with Gasteiger partial charge in [-0.25, -0.2) is 9.37 Å². The van der Waals surface area contributed by atoms with Crippen molar-refractivity contribution in [2.45, 2.75) is 13.0 Å². The minimum atomic E-state index is -0.705. The first-order valence-electron chi connectivity index (χ1n) is 8.34. The van der Waals surface area contributed by atoms with Crippen LogP contribution >= 0.6 is 22.7 Å². The van der Waals surface area contributed by atoms with Crippen LogP contribution in [0.3, 0.4) is 0 Å². The standard InChI is InChI=1S/C19H15FN2O5S2/c20-12-3-5-14(6-4-12)26-10-17-21-13(11-29-17)8-18(24)27-9-16(23)22-19(25)15-2-1-7-28-15/h1-7,11H,8-10H2,(H,22,23,25). The van der Waals surface area contributed by atoms with Crippen molar-refractivity contribution in [1.29, 1.82) is 0 Å². The molecule has 0 radical (unpaired) electrons. The summed E-state index contributed by atoms with van der Waals surface area (Å²) in [7, 11) is 0. The van der Waals surface area contributed by atoms with Gasteiger partial charge in [0.2, 0.25) is 0 Å². The molecule has 0 bridgehead atoms. The number of carbonyl (C=O) groups excluding carboxylic acids is 3. The Morgan fingerprint density at radius 1 is 1.10 bits per heavy atom. The van der Waals surface area contributed by atoms with Crippen molar-refractivity contribution in [3.63, 3.8) is 0 Å². The Kier molecular flexibility index (Phi) is 7.04. The Labute approximate surface area is 173 Å². The molecule has 0 fully saturated rings. The summed E-state index contributed by atoms with van der Waals surface area (Å²) in [6, 6.07) is 8.88. The lowest BCUT2D eigenvalue weighted by Crippen LogP contribution is -2.33. The average Bonchev–Trinajstić information content (AvgIpc) is 3.38. The Hall–Kier alpha value is -3.11. The lowest BCUT2D eigenvalue weighted by atomic mass is 10.3. The number of nitrogens with zero attached hydrogens (tertiary/aromatic N) is 1. The maximum Gasteiger partial charge on any atom is 0.312 e. The molecule has 1 N–H and O–H groups in total. The van der Waals surface area contributed by atoms with E-state index in [0.29, 0.717) is 21.3 Å². The molecule has 2 amide bonds. The van der Waals surface area contributed by atoms with Crippen molar-refractivity contribution >= 4 is 40.5 Å². The van der Waals surface area contributed by atoms with Crippen LogP contribution in [0.1, 0.15) is 20.4 Å². The number of aromatic nitrogens is 1. The van der Waals surface area contributed by atoms with Gasteiger partial charge >= 0.3 is 5.97 Å². The molecule has 0 saturated carbocycles. The van der Waals surface area contributed by atoms with Gasteiger partial charge in [-0.2, -0.15) is 0 Å². The van der Waals surface area contributed by atoms with Crippen LogP contribution in [0.5, 0.6) is 5.75 Å². The molecular weight excluding hydrogens is 419 g/mol. The fraction of sp³-hybridized carbons (Fsp3) is 0.158. The number of ether oxygens (including phenoxy) is 2. The predicted molar refractivity (Wildman–Crippen MR) is 104 cm³/mol. The number of rotatable bonds is 8. The Morgan fingerprint density at radius 2 is 1.90 bits per heavy atom. The number of imide groups is 1. The molecule has 0 atom stereocenters. The number of carbonyl (C=O) groups is 3. The van der Waals surface area contributed by atoms with Crippen LogP contribution in [-0.4, -0.2) is 29.4 Å². The lowest BCUT2D eigenvalue weighted by Gasteiger charge is -2.04. The fourth-order valence-electron chi connectivity index (χ4n) is 2.15. The highest BCUT2D eigenvalue weighted by molar-refractivity contribution is 7.12. The summed E-state index contributed by atoms with van der Waals surface area (Å²) in [6.07, 6.45) is -0.112. The molecule has 150 valence electrons. The van der Waals surface area contributed by atoms with E-state index in [0.717, 1.165) is 0 Å². The summed E-state index contributed by atoms with van der Waals surface area (Å²) in [4.78, 5) is 39.9. The molecule has 2 aromatic heterocycles. The van der Waals surface area contributed by atoms with Crippen molar-refractivity contribution in [3.8, 4) is 5.75 Å². The monoisotopic (exact) mass is 434 g/mol. The van der Waals surface area contributed by atoms with Gasteiger partial charge < -0.3 is 9.47 Å². The normalized spacial score (nSPS) is 10.4. The molecule has 0 saturated heterocycles. The molecule has 2 heterocycles. The molecule has 0 aliphatic rings. The van der Waals surface area contributed by atoms with E-state index in [1.807, 2.05) is 0 Å². The zero-order valence-corrected chi connectivity index (χ0v) is 16.6. The largest absolute Gasteiger partial charge is 0.486 e. The van der Waals surface area contributed by atoms with Crippen molar-refractivity contribution in [3.05, 3.63) is 68.6 Å². The third kappa shape index (κ3) is 6.47. The maximum atomic E-state index is 12.9. The molecule has 3 rings (SSSR count).